The quantitative estimate of drug-likeness (QED) is 0.649. The molecule has 2 heteroatoms. The topological polar surface area (TPSA) is 24.1 Å². The van der Waals surface area contributed by atoms with E-state index in [0.717, 1.165) is 5.70 Å². The van der Waals surface area contributed by atoms with Gasteiger partial charge in [-0.05, 0) is 17.7 Å². The maximum Gasteiger partial charge on any atom is 0.0612 e. The Kier molecular flexibility index (Phi) is 1.82. The Hall–Kier alpha value is -1.70. The van der Waals surface area contributed by atoms with Crippen molar-refractivity contribution < 1.29 is 0 Å². The second-order valence-electron chi connectivity index (χ2n) is 2.57. The lowest BCUT2D eigenvalue weighted by Gasteiger charge is -2.13. The number of benzene rings is 1. The summed E-state index contributed by atoms with van der Waals surface area (Å²) in [5, 5.41) is 0. The number of rotatable bonds is 1. The van der Waals surface area contributed by atoms with E-state index in [2.05, 4.69) is 23.0 Å². The largest absolute Gasteiger partial charge is 0.308 e. The lowest BCUT2D eigenvalue weighted by Crippen LogP contribution is -2.26. The molecule has 1 heterocycles. The fraction of sp³-hybridized carbons (Fsp3) is 0. The summed E-state index contributed by atoms with van der Waals surface area (Å²) in [6.07, 6.45) is 5.86. The SMILES string of the molecule is C1=CNNC(c2ccccc2)=C1. The molecule has 0 radical (unpaired) electrons. The van der Waals surface area contributed by atoms with Crippen LogP contribution in [0.25, 0.3) is 5.70 Å². The molecule has 2 rings (SSSR count). The smallest absolute Gasteiger partial charge is 0.0612 e. The van der Waals surface area contributed by atoms with E-state index in [1.807, 2.05) is 36.6 Å². The van der Waals surface area contributed by atoms with Crippen LogP contribution >= 0.6 is 0 Å². The predicted octanol–water partition coefficient (Wildman–Crippen LogP) is 1.65. The van der Waals surface area contributed by atoms with Crippen molar-refractivity contribution in [3.05, 3.63) is 54.2 Å². The van der Waals surface area contributed by atoms with E-state index >= 15 is 0 Å². The Labute approximate surface area is 71.6 Å². The van der Waals surface area contributed by atoms with Crippen molar-refractivity contribution >= 4 is 5.70 Å². The molecule has 2 nitrogen and oxygen atoms in total. The number of hydrogen-bond acceptors (Lipinski definition) is 2. The molecule has 0 atom stereocenters. The van der Waals surface area contributed by atoms with Crippen LogP contribution in [-0.2, 0) is 0 Å². The zero-order valence-electron chi connectivity index (χ0n) is 6.62. The fourth-order valence-electron chi connectivity index (χ4n) is 1.14. The third-order valence-corrected chi connectivity index (χ3v) is 1.73. The van der Waals surface area contributed by atoms with Crippen molar-refractivity contribution in [3.63, 3.8) is 0 Å². The number of nitrogens with one attached hydrogen (secondary N) is 2. The van der Waals surface area contributed by atoms with Crippen LogP contribution in [0.15, 0.2) is 48.7 Å². The lowest BCUT2D eigenvalue weighted by molar-refractivity contribution is 0.787. The number of hydrogen-bond donors (Lipinski definition) is 2. The second kappa shape index (κ2) is 3.13. The number of hydrazine groups is 1. The Balaban J connectivity index is 2.31. The summed E-state index contributed by atoms with van der Waals surface area (Å²) in [5.74, 6) is 0. The van der Waals surface area contributed by atoms with Crippen molar-refractivity contribution in [2.75, 3.05) is 0 Å². The molecule has 0 spiro atoms. The van der Waals surface area contributed by atoms with Gasteiger partial charge in [0.1, 0.15) is 0 Å². The van der Waals surface area contributed by atoms with Gasteiger partial charge in [0.25, 0.3) is 0 Å². The highest BCUT2D eigenvalue weighted by molar-refractivity contribution is 5.65. The zero-order valence-corrected chi connectivity index (χ0v) is 6.62. The van der Waals surface area contributed by atoms with Gasteiger partial charge in [-0.1, -0.05) is 30.3 Å². The predicted molar refractivity (Wildman–Crippen MR) is 49.8 cm³/mol. The van der Waals surface area contributed by atoms with E-state index in [4.69, 9.17) is 0 Å². The van der Waals surface area contributed by atoms with Crippen molar-refractivity contribution in [2.45, 2.75) is 0 Å². The van der Waals surface area contributed by atoms with Gasteiger partial charge in [-0.25, -0.2) is 0 Å². The molecule has 1 aliphatic heterocycles. The van der Waals surface area contributed by atoms with Crippen LogP contribution in [0.4, 0.5) is 0 Å². The molecular weight excluding hydrogens is 148 g/mol. The first-order valence-electron chi connectivity index (χ1n) is 3.90. The lowest BCUT2D eigenvalue weighted by atomic mass is 10.1. The fourth-order valence-corrected chi connectivity index (χ4v) is 1.14. The van der Waals surface area contributed by atoms with Gasteiger partial charge >= 0.3 is 0 Å². The first-order valence-corrected chi connectivity index (χ1v) is 3.90. The van der Waals surface area contributed by atoms with Gasteiger partial charge < -0.3 is 10.9 Å². The molecule has 0 amide bonds. The zero-order chi connectivity index (χ0) is 8.23. The van der Waals surface area contributed by atoms with E-state index < -0.39 is 0 Å². The minimum Gasteiger partial charge on any atom is -0.308 e. The molecule has 0 saturated carbocycles. The van der Waals surface area contributed by atoms with Gasteiger partial charge in [-0.15, -0.1) is 0 Å². The van der Waals surface area contributed by atoms with E-state index in [9.17, 15) is 0 Å². The van der Waals surface area contributed by atoms with Crippen LogP contribution < -0.4 is 10.9 Å². The summed E-state index contributed by atoms with van der Waals surface area (Å²) in [4.78, 5) is 0. The summed E-state index contributed by atoms with van der Waals surface area (Å²) >= 11 is 0. The molecule has 0 saturated heterocycles. The summed E-state index contributed by atoms with van der Waals surface area (Å²) in [7, 11) is 0. The van der Waals surface area contributed by atoms with E-state index in [-0.39, 0.29) is 0 Å². The first kappa shape index (κ1) is 6.98. The van der Waals surface area contributed by atoms with Crippen molar-refractivity contribution in [2.24, 2.45) is 0 Å². The van der Waals surface area contributed by atoms with Gasteiger partial charge in [-0.2, -0.15) is 0 Å². The van der Waals surface area contributed by atoms with E-state index in [0.29, 0.717) is 0 Å². The summed E-state index contributed by atoms with van der Waals surface area (Å²) < 4.78 is 0. The van der Waals surface area contributed by atoms with Crippen LogP contribution in [0.3, 0.4) is 0 Å². The average molecular weight is 158 g/mol. The second-order valence-corrected chi connectivity index (χ2v) is 2.57. The van der Waals surface area contributed by atoms with Crippen molar-refractivity contribution in [1.29, 1.82) is 0 Å². The van der Waals surface area contributed by atoms with Gasteiger partial charge in [0.15, 0.2) is 0 Å². The van der Waals surface area contributed by atoms with Crippen molar-refractivity contribution in [3.8, 4) is 0 Å². The Morgan fingerprint density at radius 2 is 1.83 bits per heavy atom. The Bertz CT molecular complexity index is 312. The minimum atomic E-state index is 1.10. The first-order chi connectivity index (χ1) is 5.97. The van der Waals surface area contributed by atoms with Gasteiger partial charge in [0.05, 0.1) is 5.70 Å². The molecule has 0 fully saturated rings. The van der Waals surface area contributed by atoms with E-state index in [1.54, 1.807) is 0 Å². The molecule has 1 aliphatic rings. The van der Waals surface area contributed by atoms with Crippen LogP contribution in [0.1, 0.15) is 5.56 Å². The normalized spacial score (nSPS) is 14.5. The number of allylic oxidation sites excluding steroid dienone is 2. The molecule has 0 aromatic heterocycles. The standard InChI is InChI=1S/C10H10N2/c1-2-5-9(6-3-1)10-7-4-8-11-12-10/h1-8,11-12H. The summed E-state index contributed by atoms with van der Waals surface area (Å²) in [6, 6.07) is 10.2. The maximum atomic E-state index is 3.06. The van der Waals surface area contributed by atoms with Crippen LogP contribution in [-0.4, -0.2) is 0 Å². The molecule has 2 N–H and O–H groups in total. The third-order valence-electron chi connectivity index (χ3n) is 1.73. The van der Waals surface area contributed by atoms with E-state index in [1.165, 1.54) is 5.56 Å². The highest BCUT2D eigenvalue weighted by atomic mass is 15.3. The van der Waals surface area contributed by atoms with Gasteiger partial charge in [0.2, 0.25) is 0 Å². The molecular formula is C10H10N2. The van der Waals surface area contributed by atoms with Crippen LogP contribution in [0.5, 0.6) is 0 Å². The maximum absolute atomic E-state index is 3.06. The highest BCUT2D eigenvalue weighted by Crippen LogP contribution is 2.10. The van der Waals surface area contributed by atoms with Gasteiger partial charge in [-0.3, -0.25) is 0 Å². The molecule has 1 aromatic rings. The molecule has 1 aromatic carbocycles. The van der Waals surface area contributed by atoms with Crippen molar-refractivity contribution in [1.82, 2.24) is 10.9 Å². The Morgan fingerprint density at radius 1 is 1.00 bits per heavy atom. The molecule has 0 bridgehead atoms. The molecule has 60 valence electrons. The van der Waals surface area contributed by atoms with Crippen LogP contribution in [0.2, 0.25) is 0 Å². The Morgan fingerprint density at radius 3 is 2.50 bits per heavy atom. The molecule has 12 heavy (non-hydrogen) atoms. The monoisotopic (exact) mass is 158 g/mol. The average Bonchev–Trinajstić information content (AvgIpc) is 2.21. The molecule has 0 aliphatic carbocycles. The molecule has 0 unspecified atom stereocenters. The highest BCUT2D eigenvalue weighted by Gasteiger charge is 1.98. The van der Waals surface area contributed by atoms with Gasteiger partial charge in [0, 0.05) is 6.20 Å². The van der Waals surface area contributed by atoms with Crippen LogP contribution in [0, 0.1) is 0 Å². The minimum absolute atomic E-state index is 1.10. The summed E-state index contributed by atoms with van der Waals surface area (Å²) in [6.45, 7) is 0. The third kappa shape index (κ3) is 1.32. The summed E-state index contributed by atoms with van der Waals surface area (Å²) in [5.41, 5.74) is 8.28.